The molecule has 0 aromatic heterocycles. The van der Waals surface area contributed by atoms with Gasteiger partial charge in [0.15, 0.2) is 5.78 Å². The second kappa shape index (κ2) is 7.07. The molecule has 1 aromatic carbocycles. The van der Waals surface area contributed by atoms with Gasteiger partial charge in [0.2, 0.25) is 0 Å². The summed E-state index contributed by atoms with van der Waals surface area (Å²) >= 11 is 0. The number of ketones is 1. The highest BCUT2D eigenvalue weighted by molar-refractivity contribution is 5.94. The highest BCUT2D eigenvalue weighted by Crippen LogP contribution is 2.13. The van der Waals surface area contributed by atoms with Crippen molar-refractivity contribution in [2.45, 2.75) is 26.7 Å². The number of anilines is 1. The van der Waals surface area contributed by atoms with Crippen LogP contribution in [0.4, 0.5) is 5.69 Å². The molecule has 17 heavy (non-hydrogen) atoms. The summed E-state index contributed by atoms with van der Waals surface area (Å²) in [7, 11) is 0. The Bertz CT molecular complexity index is 346. The van der Waals surface area contributed by atoms with E-state index in [4.69, 9.17) is 5.11 Å². The smallest absolute Gasteiger partial charge is 0.159 e. The van der Waals surface area contributed by atoms with Crippen LogP contribution in [0.3, 0.4) is 0 Å². The fourth-order valence-corrected chi connectivity index (χ4v) is 1.72. The molecule has 3 nitrogen and oxygen atoms in total. The first-order valence-electron chi connectivity index (χ1n) is 6.13. The number of benzene rings is 1. The number of hydrogen-bond donors (Lipinski definition) is 2. The molecule has 0 radical (unpaired) electrons. The first-order valence-corrected chi connectivity index (χ1v) is 6.13. The van der Waals surface area contributed by atoms with Gasteiger partial charge >= 0.3 is 0 Å². The van der Waals surface area contributed by atoms with Crippen molar-refractivity contribution in [2.24, 2.45) is 5.92 Å². The van der Waals surface area contributed by atoms with Gasteiger partial charge < -0.3 is 10.4 Å². The number of aliphatic hydroxyl groups excluding tert-OH is 1. The molecule has 1 aromatic rings. The van der Waals surface area contributed by atoms with E-state index in [0.29, 0.717) is 5.92 Å². The third-order valence-corrected chi connectivity index (χ3v) is 3.00. The van der Waals surface area contributed by atoms with Crippen LogP contribution in [0.5, 0.6) is 0 Å². The van der Waals surface area contributed by atoms with Crippen LogP contribution >= 0.6 is 0 Å². The lowest BCUT2D eigenvalue weighted by atomic mass is 10.0. The van der Waals surface area contributed by atoms with Crippen molar-refractivity contribution >= 4 is 11.5 Å². The summed E-state index contributed by atoms with van der Waals surface area (Å²) in [6, 6.07) is 7.50. The largest absolute Gasteiger partial charge is 0.396 e. The molecule has 0 fully saturated rings. The topological polar surface area (TPSA) is 49.3 Å². The molecule has 0 heterocycles. The van der Waals surface area contributed by atoms with E-state index in [-0.39, 0.29) is 12.4 Å². The zero-order valence-corrected chi connectivity index (χ0v) is 10.6. The summed E-state index contributed by atoms with van der Waals surface area (Å²) in [4.78, 5) is 11.1. The van der Waals surface area contributed by atoms with E-state index in [0.717, 1.165) is 30.6 Å². The van der Waals surface area contributed by atoms with E-state index in [1.807, 2.05) is 24.3 Å². The van der Waals surface area contributed by atoms with E-state index in [9.17, 15) is 4.79 Å². The van der Waals surface area contributed by atoms with Crippen LogP contribution < -0.4 is 5.32 Å². The van der Waals surface area contributed by atoms with Gasteiger partial charge in [-0.05, 0) is 43.5 Å². The normalized spacial score (nSPS) is 12.2. The van der Waals surface area contributed by atoms with Gasteiger partial charge in [0.05, 0.1) is 0 Å². The van der Waals surface area contributed by atoms with Crippen molar-refractivity contribution < 1.29 is 9.90 Å². The molecular weight excluding hydrogens is 214 g/mol. The van der Waals surface area contributed by atoms with E-state index in [1.165, 1.54) is 0 Å². The number of aliphatic hydroxyl groups is 1. The summed E-state index contributed by atoms with van der Waals surface area (Å²) in [5.74, 6) is 0.579. The standard InChI is InChI=1S/C14H21NO2/c1-3-12(8-9-16)10-15-14-6-4-13(5-7-14)11(2)17/h4-7,12,15-16H,3,8-10H2,1-2H3. The number of rotatable bonds is 7. The Morgan fingerprint density at radius 1 is 1.35 bits per heavy atom. The monoisotopic (exact) mass is 235 g/mol. The van der Waals surface area contributed by atoms with Crippen molar-refractivity contribution in [3.8, 4) is 0 Å². The highest BCUT2D eigenvalue weighted by Gasteiger charge is 2.05. The SMILES string of the molecule is CCC(CCO)CNc1ccc(C(C)=O)cc1. The zero-order chi connectivity index (χ0) is 12.7. The quantitative estimate of drug-likeness (QED) is 0.714. The van der Waals surface area contributed by atoms with Crippen LogP contribution in [0.25, 0.3) is 0 Å². The van der Waals surface area contributed by atoms with Crippen LogP contribution in [-0.4, -0.2) is 24.0 Å². The minimum absolute atomic E-state index is 0.0864. The van der Waals surface area contributed by atoms with E-state index >= 15 is 0 Å². The van der Waals surface area contributed by atoms with E-state index in [2.05, 4.69) is 12.2 Å². The molecule has 0 bridgehead atoms. The van der Waals surface area contributed by atoms with Gasteiger partial charge in [-0.3, -0.25) is 4.79 Å². The molecule has 2 N–H and O–H groups in total. The van der Waals surface area contributed by atoms with Gasteiger partial charge in [0.1, 0.15) is 0 Å². The molecule has 0 saturated carbocycles. The average molecular weight is 235 g/mol. The molecule has 0 saturated heterocycles. The maximum atomic E-state index is 11.1. The molecule has 3 heteroatoms. The first kappa shape index (κ1) is 13.7. The van der Waals surface area contributed by atoms with Crippen LogP contribution in [0.1, 0.15) is 37.0 Å². The van der Waals surface area contributed by atoms with Crippen LogP contribution in [0, 0.1) is 5.92 Å². The maximum Gasteiger partial charge on any atom is 0.159 e. The number of Topliss-reactive ketones (excluding diaryl/α,β-unsaturated/α-hetero) is 1. The number of carbonyl (C=O) groups is 1. The Kier molecular flexibility index (Phi) is 5.70. The molecule has 0 spiro atoms. The second-order valence-corrected chi connectivity index (χ2v) is 4.30. The maximum absolute atomic E-state index is 11.1. The van der Waals surface area contributed by atoms with Gasteiger partial charge in [-0.1, -0.05) is 13.3 Å². The van der Waals surface area contributed by atoms with E-state index < -0.39 is 0 Å². The summed E-state index contributed by atoms with van der Waals surface area (Å²) in [5.41, 5.74) is 1.75. The fraction of sp³-hybridized carbons (Fsp3) is 0.500. The van der Waals surface area contributed by atoms with Crippen molar-refractivity contribution in [2.75, 3.05) is 18.5 Å². The Morgan fingerprint density at radius 3 is 2.47 bits per heavy atom. The molecule has 0 amide bonds. The molecule has 0 aliphatic heterocycles. The van der Waals surface area contributed by atoms with Crippen LogP contribution in [0.15, 0.2) is 24.3 Å². The van der Waals surface area contributed by atoms with Gasteiger partial charge in [-0.2, -0.15) is 0 Å². The summed E-state index contributed by atoms with van der Waals surface area (Å²) in [6.45, 7) is 4.79. The zero-order valence-electron chi connectivity index (χ0n) is 10.6. The third kappa shape index (κ3) is 4.57. The molecule has 0 aliphatic rings. The molecule has 0 aliphatic carbocycles. The van der Waals surface area contributed by atoms with Gasteiger partial charge in [-0.15, -0.1) is 0 Å². The molecule has 1 unspecified atom stereocenters. The fourth-order valence-electron chi connectivity index (χ4n) is 1.72. The summed E-state index contributed by atoms with van der Waals surface area (Å²) in [5, 5.41) is 12.2. The Morgan fingerprint density at radius 2 is 2.00 bits per heavy atom. The van der Waals surface area contributed by atoms with Gasteiger partial charge in [0.25, 0.3) is 0 Å². The summed E-state index contributed by atoms with van der Waals surface area (Å²) in [6.07, 6.45) is 1.88. The second-order valence-electron chi connectivity index (χ2n) is 4.30. The molecular formula is C14H21NO2. The lowest BCUT2D eigenvalue weighted by Gasteiger charge is -2.15. The highest BCUT2D eigenvalue weighted by atomic mass is 16.3. The Labute approximate surface area is 103 Å². The van der Waals surface area contributed by atoms with Crippen molar-refractivity contribution in [3.05, 3.63) is 29.8 Å². The predicted molar refractivity (Wildman–Crippen MR) is 70.4 cm³/mol. The average Bonchev–Trinajstić information content (AvgIpc) is 2.35. The number of nitrogens with one attached hydrogen (secondary N) is 1. The molecule has 1 atom stereocenters. The number of hydrogen-bond acceptors (Lipinski definition) is 3. The number of carbonyl (C=O) groups excluding carboxylic acids is 1. The predicted octanol–water partition coefficient (Wildman–Crippen LogP) is 2.71. The van der Waals surface area contributed by atoms with Crippen LogP contribution in [-0.2, 0) is 0 Å². The first-order chi connectivity index (χ1) is 8.17. The lowest BCUT2D eigenvalue weighted by molar-refractivity contribution is 0.101. The van der Waals surface area contributed by atoms with Gasteiger partial charge in [0, 0.05) is 24.4 Å². The minimum atomic E-state index is 0.0864. The Balaban J connectivity index is 2.48. The molecule has 94 valence electrons. The van der Waals surface area contributed by atoms with E-state index in [1.54, 1.807) is 6.92 Å². The Hall–Kier alpha value is -1.35. The third-order valence-electron chi connectivity index (χ3n) is 3.00. The summed E-state index contributed by atoms with van der Waals surface area (Å²) < 4.78 is 0. The van der Waals surface area contributed by atoms with Crippen LogP contribution in [0.2, 0.25) is 0 Å². The van der Waals surface area contributed by atoms with Crippen molar-refractivity contribution in [3.63, 3.8) is 0 Å². The van der Waals surface area contributed by atoms with Crippen molar-refractivity contribution in [1.82, 2.24) is 0 Å². The lowest BCUT2D eigenvalue weighted by Crippen LogP contribution is -2.14. The molecule has 1 rings (SSSR count). The minimum Gasteiger partial charge on any atom is -0.396 e. The van der Waals surface area contributed by atoms with Crippen molar-refractivity contribution in [1.29, 1.82) is 0 Å². The van der Waals surface area contributed by atoms with Gasteiger partial charge in [-0.25, -0.2) is 0 Å².